The monoisotopic (exact) mass is 415 g/mol. The Morgan fingerprint density at radius 3 is 2.97 bits per heavy atom. The molecule has 0 saturated carbocycles. The second kappa shape index (κ2) is 9.68. The number of nitrogens with one attached hydrogen (secondary N) is 2. The van der Waals surface area contributed by atoms with Crippen LogP contribution in [0, 0.1) is 5.82 Å². The molecule has 4 rings (SSSR count). The van der Waals surface area contributed by atoms with Crippen LogP contribution in [-0.4, -0.2) is 66.0 Å². The standard InChI is InChI=1S/C22H30FN5O2/c1-27-20-6-5-18(25-15-16-3-2-4-17(23)13-16)14-19(20)21(26-27)22(29)24-7-8-28-9-11-30-12-10-28/h2-4,13,18,25H,5-12,14-15H2,1H3,(H,24,29)/t18-/m1/s1. The van der Waals surface area contributed by atoms with Crippen molar-refractivity contribution in [1.82, 2.24) is 25.3 Å². The largest absolute Gasteiger partial charge is 0.379 e. The van der Waals surface area contributed by atoms with E-state index in [1.807, 2.05) is 17.8 Å². The predicted molar refractivity (Wildman–Crippen MR) is 112 cm³/mol. The van der Waals surface area contributed by atoms with Crippen LogP contribution in [0.4, 0.5) is 4.39 Å². The van der Waals surface area contributed by atoms with Crippen molar-refractivity contribution in [3.63, 3.8) is 0 Å². The third kappa shape index (κ3) is 5.06. The van der Waals surface area contributed by atoms with Gasteiger partial charge in [-0.15, -0.1) is 0 Å². The van der Waals surface area contributed by atoms with E-state index in [0.29, 0.717) is 18.8 Å². The minimum absolute atomic E-state index is 0.106. The number of ether oxygens (including phenoxy) is 1. The van der Waals surface area contributed by atoms with Gasteiger partial charge in [0.25, 0.3) is 5.91 Å². The molecule has 1 aromatic carbocycles. The summed E-state index contributed by atoms with van der Waals surface area (Å²) in [5.74, 6) is -0.325. The quantitative estimate of drug-likeness (QED) is 0.713. The topological polar surface area (TPSA) is 71.4 Å². The predicted octanol–water partition coefficient (Wildman–Crippen LogP) is 1.27. The van der Waals surface area contributed by atoms with Crippen molar-refractivity contribution in [1.29, 1.82) is 0 Å². The molecule has 1 saturated heterocycles. The van der Waals surface area contributed by atoms with Gasteiger partial charge in [0.1, 0.15) is 5.82 Å². The smallest absolute Gasteiger partial charge is 0.272 e. The van der Waals surface area contributed by atoms with Crippen LogP contribution in [-0.2, 0) is 31.2 Å². The highest BCUT2D eigenvalue weighted by Crippen LogP contribution is 2.24. The molecule has 1 atom stereocenters. The first-order valence-electron chi connectivity index (χ1n) is 10.7. The molecule has 1 aromatic heterocycles. The molecule has 0 radical (unpaired) electrons. The summed E-state index contributed by atoms with van der Waals surface area (Å²) < 4.78 is 20.6. The van der Waals surface area contributed by atoms with E-state index in [9.17, 15) is 9.18 Å². The number of morpholine rings is 1. The molecule has 2 aliphatic rings. The Bertz CT molecular complexity index is 878. The number of carbonyl (C=O) groups is 1. The number of rotatable bonds is 7. The van der Waals surface area contributed by atoms with Crippen LogP contribution in [0.15, 0.2) is 24.3 Å². The molecule has 2 N–H and O–H groups in total. The third-order valence-electron chi connectivity index (χ3n) is 5.97. The summed E-state index contributed by atoms with van der Waals surface area (Å²) in [5.41, 5.74) is 3.63. The van der Waals surface area contributed by atoms with Crippen molar-refractivity contribution in [3.8, 4) is 0 Å². The van der Waals surface area contributed by atoms with Crippen LogP contribution in [0.1, 0.15) is 33.7 Å². The average Bonchev–Trinajstić information content (AvgIpc) is 3.09. The number of aryl methyl sites for hydroxylation is 1. The zero-order chi connectivity index (χ0) is 20.9. The van der Waals surface area contributed by atoms with Gasteiger partial charge in [-0.25, -0.2) is 4.39 Å². The average molecular weight is 416 g/mol. The molecule has 0 unspecified atom stereocenters. The molecule has 2 aromatic rings. The Balaban J connectivity index is 1.34. The molecule has 2 heterocycles. The zero-order valence-corrected chi connectivity index (χ0v) is 17.5. The maximum absolute atomic E-state index is 13.4. The normalized spacial score (nSPS) is 19.5. The van der Waals surface area contributed by atoms with Gasteiger partial charge < -0.3 is 15.4 Å². The highest BCUT2D eigenvalue weighted by atomic mass is 19.1. The van der Waals surface area contributed by atoms with Crippen molar-refractivity contribution >= 4 is 5.91 Å². The summed E-state index contributed by atoms with van der Waals surface area (Å²) in [6.45, 7) is 5.37. The SMILES string of the molecule is Cn1nc(C(=O)NCCN2CCOCC2)c2c1CC[C@@H](NCc1cccc(F)c1)C2. The van der Waals surface area contributed by atoms with Gasteiger partial charge in [0.15, 0.2) is 5.69 Å². The Morgan fingerprint density at radius 2 is 2.17 bits per heavy atom. The molecular weight excluding hydrogens is 385 g/mol. The first kappa shape index (κ1) is 21.0. The van der Waals surface area contributed by atoms with Gasteiger partial charge in [-0.05, 0) is 37.0 Å². The fourth-order valence-electron chi connectivity index (χ4n) is 4.29. The Kier molecular flexibility index (Phi) is 6.76. The Morgan fingerprint density at radius 1 is 1.33 bits per heavy atom. The Labute approximate surface area is 176 Å². The molecule has 0 bridgehead atoms. The molecule has 162 valence electrons. The van der Waals surface area contributed by atoms with Gasteiger partial charge >= 0.3 is 0 Å². The lowest BCUT2D eigenvalue weighted by Crippen LogP contribution is -2.41. The molecule has 1 amide bonds. The van der Waals surface area contributed by atoms with Crippen molar-refractivity contribution in [3.05, 3.63) is 52.6 Å². The number of halogens is 1. The van der Waals surface area contributed by atoms with Gasteiger partial charge in [-0.2, -0.15) is 5.10 Å². The van der Waals surface area contributed by atoms with Crippen molar-refractivity contribution in [2.75, 3.05) is 39.4 Å². The van der Waals surface area contributed by atoms with E-state index in [0.717, 1.165) is 68.9 Å². The van der Waals surface area contributed by atoms with E-state index in [4.69, 9.17) is 4.74 Å². The molecule has 8 heteroatoms. The zero-order valence-electron chi connectivity index (χ0n) is 17.5. The second-order valence-corrected chi connectivity index (χ2v) is 8.06. The van der Waals surface area contributed by atoms with Crippen molar-refractivity contribution < 1.29 is 13.9 Å². The lowest BCUT2D eigenvalue weighted by Gasteiger charge is -2.26. The highest BCUT2D eigenvalue weighted by molar-refractivity contribution is 5.94. The van der Waals surface area contributed by atoms with E-state index >= 15 is 0 Å². The van der Waals surface area contributed by atoms with Crippen molar-refractivity contribution in [2.24, 2.45) is 7.05 Å². The molecule has 30 heavy (non-hydrogen) atoms. The van der Waals surface area contributed by atoms with Crippen LogP contribution in [0.25, 0.3) is 0 Å². The molecule has 1 fully saturated rings. The van der Waals surface area contributed by atoms with Gasteiger partial charge in [0.2, 0.25) is 0 Å². The maximum Gasteiger partial charge on any atom is 0.272 e. The van der Waals surface area contributed by atoms with Crippen LogP contribution >= 0.6 is 0 Å². The number of carbonyl (C=O) groups excluding carboxylic acids is 1. The second-order valence-electron chi connectivity index (χ2n) is 8.06. The number of hydrogen-bond acceptors (Lipinski definition) is 5. The molecule has 1 aliphatic carbocycles. The fraction of sp³-hybridized carbons (Fsp3) is 0.545. The van der Waals surface area contributed by atoms with Gasteiger partial charge in [-0.3, -0.25) is 14.4 Å². The molecular formula is C22H30FN5O2. The summed E-state index contributed by atoms with van der Waals surface area (Å²) in [7, 11) is 1.91. The number of fused-ring (bicyclic) bond motifs is 1. The van der Waals surface area contributed by atoms with Crippen LogP contribution in [0.5, 0.6) is 0 Å². The van der Waals surface area contributed by atoms with E-state index in [-0.39, 0.29) is 17.8 Å². The summed E-state index contributed by atoms with van der Waals surface area (Å²) >= 11 is 0. The first-order chi connectivity index (χ1) is 14.6. The molecule has 0 spiro atoms. The van der Waals surface area contributed by atoms with E-state index in [2.05, 4.69) is 20.6 Å². The maximum atomic E-state index is 13.4. The summed E-state index contributed by atoms with van der Waals surface area (Å²) in [6.07, 6.45) is 2.60. The summed E-state index contributed by atoms with van der Waals surface area (Å²) in [4.78, 5) is 15.1. The van der Waals surface area contributed by atoms with Gasteiger partial charge in [0, 0.05) is 57.1 Å². The minimum Gasteiger partial charge on any atom is -0.379 e. The fourth-order valence-corrected chi connectivity index (χ4v) is 4.29. The minimum atomic E-state index is -0.219. The summed E-state index contributed by atoms with van der Waals surface area (Å²) in [5, 5.41) is 11.1. The van der Waals surface area contributed by atoms with E-state index < -0.39 is 0 Å². The van der Waals surface area contributed by atoms with Crippen LogP contribution < -0.4 is 10.6 Å². The number of hydrogen-bond donors (Lipinski definition) is 2. The van der Waals surface area contributed by atoms with Crippen LogP contribution in [0.3, 0.4) is 0 Å². The number of nitrogens with zero attached hydrogens (tertiary/aromatic N) is 3. The van der Waals surface area contributed by atoms with E-state index in [1.54, 1.807) is 12.1 Å². The molecule has 1 aliphatic heterocycles. The highest BCUT2D eigenvalue weighted by Gasteiger charge is 2.28. The number of amides is 1. The summed E-state index contributed by atoms with van der Waals surface area (Å²) in [6, 6.07) is 6.90. The van der Waals surface area contributed by atoms with Crippen molar-refractivity contribution in [2.45, 2.75) is 31.8 Å². The lowest BCUT2D eigenvalue weighted by molar-refractivity contribution is 0.0383. The number of aromatic nitrogens is 2. The Hall–Kier alpha value is -2.29. The van der Waals surface area contributed by atoms with Gasteiger partial charge in [-0.1, -0.05) is 12.1 Å². The lowest BCUT2D eigenvalue weighted by atomic mass is 9.91. The molecule has 7 nitrogen and oxygen atoms in total. The number of benzene rings is 1. The van der Waals surface area contributed by atoms with Gasteiger partial charge in [0.05, 0.1) is 13.2 Å². The third-order valence-corrected chi connectivity index (χ3v) is 5.97. The first-order valence-corrected chi connectivity index (χ1v) is 10.7. The van der Waals surface area contributed by atoms with E-state index in [1.165, 1.54) is 6.07 Å². The van der Waals surface area contributed by atoms with Crippen LogP contribution in [0.2, 0.25) is 0 Å².